The lowest BCUT2D eigenvalue weighted by molar-refractivity contribution is 0.687. The molecule has 3 nitrogen and oxygen atoms in total. The van der Waals surface area contributed by atoms with Crippen molar-refractivity contribution in [3.05, 3.63) is 80.6 Å². The van der Waals surface area contributed by atoms with Gasteiger partial charge in [-0.25, -0.2) is 0 Å². The van der Waals surface area contributed by atoms with E-state index in [1.165, 1.54) is 5.56 Å². The number of aromatic amines is 1. The van der Waals surface area contributed by atoms with Crippen molar-refractivity contribution >= 4 is 26.8 Å². The van der Waals surface area contributed by atoms with E-state index in [2.05, 4.69) is 32.3 Å². The van der Waals surface area contributed by atoms with Gasteiger partial charge in [0.1, 0.15) is 0 Å². The average molecular weight is 343 g/mol. The van der Waals surface area contributed by atoms with Gasteiger partial charge in [0, 0.05) is 28.6 Å². The number of hydrogen-bond donors (Lipinski definition) is 2. The second-order valence-electron chi connectivity index (χ2n) is 4.91. The second-order valence-corrected chi connectivity index (χ2v) is 5.76. The third kappa shape index (κ3) is 3.23. The van der Waals surface area contributed by atoms with Crippen molar-refractivity contribution in [3.8, 4) is 0 Å². The first-order valence-electron chi connectivity index (χ1n) is 6.79. The second kappa shape index (κ2) is 6.24. The molecule has 0 atom stereocenters. The summed E-state index contributed by atoms with van der Waals surface area (Å²) in [7, 11) is 0. The molecule has 2 aromatic carbocycles. The van der Waals surface area contributed by atoms with Crippen molar-refractivity contribution < 1.29 is 0 Å². The van der Waals surface area contributed by atoms with Crippen molar-refractivity contribution in [2.24, 2.45) is 0 Å². The van der Waals surface area contributed by atoms with Crippen molar-refractivity contribution in [1.29, 1.82) is 0 Å². The van der Waals surface area contributed by atoms with Crippen LogP contribution in [0.2, 0.25) is 0 Å². The summed E-state index contributed by atoms with van der Waals surface area (Å²) in [5.41, 5.74) is 2.76. The molecule has 0 aliphatic rings. The molecule has 2 N–H and O–H groups in total. The summed E-state index contributed by atoms with van der Waals surface area (Å²) in [5, 5.41) is 4.37. The normalized spacial score (nSPS) is 10.9. The minimum atomic E-state index is -0.0340. The number of pyridine rings is 1. The quantitative estimate of drug-likeness (QED) is 0.761. The maximum Gasteiger partial charge on any atom is 0.252 e. The van der Waals surface area contributed by atoms with Gasteiger partial charge < -0.3 is 10.3 Å². The molecule has 1 aromatic heterocycles. The Hall–Kier alpha value is -1.91. The topological polar surface area (TPSA) is 44.9 Å². The zero-order chi connectivity index (χ0) is 14.7. The van der Waals surface area contributed by atoms with E-state index in [0.29, 0.717) is 13.1 Å². The van der Waals surface area contributed by atoms with Gasteiger partial charge in [-0.15, -0.1) is 0 Å². The van der Waals surface area contributed by atoms with Crippen LogP contribution in [-0.4, -0.2) is 4.98 Å². The van der Waals surface area contributed by atoms with Gasteiger partial charge in [-0.05, 0) is 29.1 Å². The van der Waals surface area contributed by atoms with Crippen LogP contribution in [0.5, 0.6) is 0 Å². The first kappa shape index (κ1) is 14.0. The maximum absolute atomic E-state index is 12.0. The summed E-state index contributed by atoms with van der Waals surface area (Å²) >= 11 is 3.52. The SMILES string of the molecule is O=c1[nH]c2ccccc2cc1CNCc1ccccc1Br. The molecule has 0 unspecified atom stereocenters. The smallest absolute Gasteiger partial charge is 0.252 e. The van der Waals surface area contributed by atoms with Gasteiger partial charge in [0.25, 0.3) is 5.56 Å². The van der Waals surface area contributed by atoms with Gasteiger partial charge in [0.05, 0.1) is 0 Å². The van der Waals surface area contributed by atoms with Crippen molar-refractivity contribution in [2.75, 3.05) is 0 Å². The van der Waals surface area contributed by atoms with Crippen LogP contribution in [0.25, 0.3) is 10.9 Å². The van der Waals surface area contributed by atoms with E-state index in [1.807, 2.05) is 48.5 Å². The predicted molar refractivity (Wildman–Crippen MR) is 89.3 cm³/mol. The summed E-state index contributed by atoms with van der Waals surface area (Å²) in [6, 6.07) is 17.8. The largest absolute Gasteiger partial charge is 0.322 e. The van der Waals surface area contributed by atoms with E-state index in [0.717, 1.165) is 20.9 Å². The molecule has 1 heterocycles. The Bertz CT molecular complexity index is 826. The summed E-state index contributed by atoms with van der Waals surface area (Å²) in [5.74, 6) is 0. The minimum Gasteiger partial charge on any atom is -0.322 e. The van der Waals surface area contributed by atoms with Gasteiger partial charge in [-0.3, -0.25) is 4.79 Å². The molecule has 4 heteroatoms. The molecule has 0 radical (unpaired) electrons. The zero-order valence-corrected chi connectivity index (χ0v) is 13.0. The van der Waals surface area contributed by atoms with Gasteiger partial charge in [0.2, 0.25) is 0 Å². The lowest BCUT2D eigenvalue weighted by Crippen LogP contribution is -2.20. The fourth-order valence-corrected chi connectivity index (χ4v) is 2.72. The fourth-order valence-electron chi connectivity index (χ4n) is 2.30. The first-order valence-corrected chi connectivity index (χ1v) is 7.58. The van der Waals surface area contributed by atoms with E-state index in [4.69, 9.17) is 0 Å². The van der Waals surface area contributed by atoms with E-state index in [9.17, 15) is 4.79 Å². The van der Waals surface area contributed by atoms with Crippen LogP contribution in [0.4, 0.5) is 0 Å². The number of rotatable bonds is 4. The predicted octanol–water partition coefficient (Wildman–Crippen LogP) is 3.58. The molecule has 0 saturated heterocycles. The zero-order valence-electron chi connectivity index (χ0n) is 11.4. The number of H-pyrrole nitrogens is 1. The van der Waals surface area contributed by atoms with Crippen LogP contribution in [0.15, 0.2) is 63.9 Å². The Balaban J connectivity index is 1.75. The molecule has 106 valence electrons. The lowest BCUT2D eigenvalue weighted by Gasteiger charge is -2.07. The standard InChI is InChI=1S/C17H15BrN2O/c18-15-7-3-1-6-13(15)10-19-11-14-9-12-5-2-4-8-16(12)20-17(14)21/h1-9,19H,10-11H2,(H,20,21). The molecular weight excluding hydrogens is 328 g/mol. The van der Waals surface area contributed by atoms with E-state index >= 15 is 0 Å². The molecule has 3 aromatic rings. The monoisotopic (exact) mass is 342 g/mol. The highest BCUT2D eigenvalue weighted by Gasteiger charge is 2.03. The molecular formula is C17H15BrN2O. The molecule has 3 rings (SSSR count). The first-order chi connectivity index (χ1) is 10.2. The summed E-state index contributed by atoms with van der Waals surface area (Å²) in [6.07, 6.45) is 0. The Morgan fingerprint density at radius 2 is 1.67 bits per heavy atom. The van der Waals surface area contributed by atoms with Gasteiger partial charge in [-0.1, -0.05) is 52.3 Å². The number of hydrogen-bond acceptors (Lipinski definition) is 2. The molecule has 0 aliphatic heterocycles. The maximum atomic E-state index is 12.0. The van der Waals surface area contributed by atoms with Crippen molar-refractivity contribution in [3.63, 3.8) is 0 Å². The highest BCUT2D eigenvalue weighted by molar-refractivity contribution is 9.10. The van der Waals surface area contributed by atoms with Crippen LogP contribution in [0.1, 0.15) is 11.1 Å². The van der Waals surface area contributed by atoms with E-state index in [-0.39, 0.29) is 5.56 Å². The van der Waals surface area contributed by atoms with E-state index < -0.39 is 0 Å². The number of para-hydroxylation sites is 1. The van der Waals surface area contributed by atoms with Gasteiger partial charge >= 0.3 is 0 Å². The molecule has 0 saturated carbocycles. The van der Waals surface area contributed by atoms with Crippen LogP contribution in [0.3, 0.4) is 0 Å². The number of aromatic nitrogens is 1. The number of halogens is 1. The minimum absolute atomic E-state index is 0.0340. The number of nitrogens with one attached hydrogen (secondary N) is 2. The van der Waals surface area contributed by atoms with Crippen LogP contribution in [-0.2, 0) is 13.1 Å². The van der Waals surface area contributed by atoms with Crippen LogP contribution < -0.4 is 10.9 Å². The lowest BCUT2D eigenvalue weighted by atomic mass is 10.1. The van der Waals surface area contributed by atoms with Crippen molar-refractivity contribution in [1.82, 2.24) is 10.3 Å². The summed E-state index contributed by atoms with van der Waals surface area (Å²) < 4.78 is 1.07. The Morgan fingerprint density at radius 1 is 0.952 bits per heavy atom. The van der Waals surface area contributed by atoms with Crippen molar-refractivity contribution in [2.45, 2.75) is 13.1 Å². The summed E-state index contributed by atoms with van der Waals surface area (Å²) in [6.45, 7) is 1.26. The Morgan fingerprint density at radius 3 is 2.52 bits per heavy atom. The highest BCUT2D eigenvalue weighted by Crippen LogP contribution is 2.15. The van der Waals surface area contributed by atoms with E-state index in [1.54, 1.807) is 0 Å². The third-order valence-electron chi connectivity index (χ3n) is 3.42. The average Bonchev–Trinajstić information content (AvgIpc) is 2.49. The molecule has 0 bridgehead atoms. The molecule has 21 heavy (non-hydrogen) atoms. The van der Waals surface area contributed by atoms with Gasteiger partial charge in [-0.2, -0.15) is 0 Å². The molecule has 0 fully saturated rings. The molecule has 0 aliphatic carbocycles. The van der Waals surface area contributed by atoms with Crippen LogP contribution in [0, 0.1) is 0 Å². The molecule has 0 spiro atoms. The number of fused-ring (bicyclic) bond motifs is 1. The van der Waals surface area contributed by atoms with Gasteiger partial charge in [0.15, 0.2) is 0 Å². The summed E-state index contributed by atoms with van der Waals surface area (Å²) in [4.78, 5) is 15.0. The fraction of sp³-hybridized carbons (Fsp3) is 0.118. The Kier molecular flexibility index (Phi) is 4.18. The highest BCUT2D eigenvalue weighted by atomic mass is 79.9. The Labute approximate surface area is 131 Å². The number of benzene rings is 2. The van der Waals surface area contributed by atoms with Crippen LogP contribution >= 0.6 is 15.9 Å². The molecule has 0 amide bonds. The third-order valence-corrected chi connectivity index (χ3v) is 4.19.